The van der Waals surface area contributed by atoms with Crippen LogP contribution in [0, 0.1) is 6.92 Å². The Balaban J connectivity index is 0.00000208. The van der Waals surface area contributed by atoms with E-state index in [1.165, 1.54) is 49.0 Å². The molecule has 0 bridgehead atoms. The summed E-state index contributed by atoms with van der Waals surface area (Å²) in [6.45, 7) is 6.40. The zero-order valence-electron chi connectivity index (χ0n) is 14.5. The van der Waals surface area contributed by atoms with Crippen LogP contribution >= 0.6 is 12.4 Å². The van der Waals surface area contributed by atoms with Gasteiger partial charge in [-0.1, -0.05) is 66.6 Å². The maximum absolute atomic E-state index is 6.32. The van der Waals surface area contributed by atoms with Crippen LogP contribution in [0.4, 0.5) is 0 Å². The second kappa shape index (κ2) is 9.83. The van der Waals surface area contributed by atoms with Crippen molar-refractivity contribution in [2.24, 2.45) is 0 Å². The number of halogens is 1. The van der Waals surface area contributed by atoms with E-state index in [1.807, 2.05) is 0 Å². The molecule has 0 N–H and O–H groups in total. The first kappa shape index (κ1) is 19.0. The fourth-order valence-corrected chi connectivity index (χ4v) is 3.24. The van der Waals surface area contributed by atoms with Gasteiger partial charge in [0.15, 0.2) is 0 Å². The molecule has 2 nitrogen and oxygen atoms in total. The smallest absolute Gasteiger partial charge is 0.108 e. The van der Waals surface area contributed by atoms with E-state index in [1.54, 1.807) is 0 Å². The molecule has 3 rings (SSSR count). The highest BCUT2D eigenvalue weighted by atomic mass is 35.5. The summed E-state index contributed by atoms with van der Waals surface area (Å²) in [5.74, 6) is 0. The van der Waals surface area contributed by atoms with Gasteiger partial charge in [-0.3, -0.25) is 0 Å². The summed E-state index contributed by atoms with van der Waals surface area (Å²) in [5.41, 5.74) is 3.75. The molecule has 1 aliphatic heterocycles. The number of nitrogens with zero attached hydrogens (tertiary/aromatic N) is 1. The van der Waals surface area contributed by atoms with Crippen LogP contribution in [-0.4, -0.2) is 31.1 Å². The van der Waals surface area contributed by atoms with Gasteiger partial charge in [-0.2, -0.15) is 0 Å². The van der Waals surface area contributed by atoms with Crippen molar-refractivity contribution in [3.63, 3.8) is 0 Å². The van der Waals surface area contributed by atoms with Gasteiger partial charge in [0.05, 0.1) is 6.61 Å². The Morgan fingerprint density at radius 1 is 0.875 bits per heavy atom. The third-order valence-electron chi connectivity index (χ3n) is 4.62. The van der Waals surface area contributed by atoms with E-state index in [-0.39, 0.29) is 18.5 Å². The van der Waals surface area contributed by atoms with Crippen LogP contribution in [0.2, 0.25) is 0 Å². The largest absolute Gasteiger partial charge is 0.367 e. The topological polar surface area (TPSA) is 12.5 Å². The Morgan fingerprint density at radius 2 is 1.50 bits per heavy atom. The van der Waals surface area contributed by atoms with Gasteiger partial charge in [0.25, 0.3) is 0 Å². The minimum Gasteiger partial charge on any atom is -0.367 e. The average molecular weight is 346 g/mol. The maximum Gasteiger partial charge on any atom is 0.108 e. The molecular formula is C21H28ClNO. The highest BCUT2D eigenvalue weighted by molar-refractivity contribution is 5.85. The van der Waals surface area contributed by atoms with Gasteiger partial charge in [0, 0.05) is 6.54 Å². The molecule has 1 saturated heterocycles. The van der Waals surface area contributed by atoms with Gasteiger partial charge in [0.2, 0.25) is 0 Å². The normalized spacial score (nSPS) is 16.4. The molecule has 0 aliphatic carbocycles. The molecule has 1 fully saturated rings. The standard InChI is InChI=1S/C21H27NO.ClH/c1-18-10-12-20(13-11-18)21(19-8-4-2-5-9-19)23-17-16-22-14-6-3-7-15-22;/h2,4-5,8-13,21H,3,6-7,14-17H2,1H3;1H. The third-order valence-corrected chi connectivity index (χ3v) is 4.62. The first-order valence-corrected chi connectivity index (χ1v) is 8.78. The molecule has 1 heterocycles. The number of aryl methyl sites for hydroxylation is 1. The van der Waals surface area contributed by atoms with Crippen LogP contribution < -0.4 is 0 Å². The zero-order chi connectivity index (χ0) is 15.9. The molecule has 0 amide bonds. The Hall–Kier alpha value is -1.35. The van der Waals surface area contributed by atoms with Gasteiger partial charge in [-0.15, -0.1) is 12.4 Å². The lowest BCUT2D eigenvalue weighted by Crippen LogP contribution is -2.33. The molecule has 24 heavy (non-hydrogen) atoms. The second-order valence-corrected chi connectivity index (χ2v) is 6.47. The summed E-state index contributed by atoms with van der Waals surface area (Å²) in [6, 6.07) is 19.3. The summed E-state index contributed by atoms with van der Waals surface area (Å²) >= 11 is 0. The summed E-state index contributed by atoms with van der Waals surface area (Å²) in [4.78, 5) is 2.53. The summed E-state index contributed by atoms with van der Waals surface area (Å²) in [6.07, 6.45) is 4.08. The number of piperidine rings is 1. The molecule has 0 aromatic heterocycles. The van der Waals surface area contributed by atoms with Crippen molar-refractivity contribution in [3.8, 4) is 0 Å². The van der Waals surface area contributed by atoms with Crippen molar-refractivity contribution in [1.29, 1.82) is 0 Å². The van der Waals surface area contributed by atoms with Crippen LogP contribution in [0.15, 0.2) is 54.6 Å². The Labute approximate surface area is 152 Å². The highest BCUT2D eigenvalue weighted by Gasteiger charge is 2.16. The summed E-state index contributed by atoms with van der Waals surface area (Å²) in [7, 11) is 0. The van der Waals surface area contributed by atoms with Crippen molar-refractivity contribution in [1.82, 2.24) is 4.90 Å². The maximum atomic E-state index is 6.32. The van der Waals surface area contributed by atoms with Crippen LogP contribution in [0.3, 0.4) is 0 Å². The summed E-state index contributed by atoms with van der Waals surface area (Å²) in [5, 5.41) is 0. The fraction of sp³-hybridized carbons (Fsp3) is 0.429. The van der Waals surface area contributed by atoms with Gasteiger partial charge in [0.1, 0.15) is 6.10 Å². The molecule has 2 aromatic rings. The van der Waals surface area contributed by atoms with Gasteiger partial charge in [-0.25, -0.2) is 0 Å². The van der Waals surface area contributed by atoms with Crippen LogP contribution in [0.5, 0.6) is 0 Å². The van der Waals surface area contributed by atoms with Gasteiger partial charge < -0.3 is 9.64 Å². The van der Waals surface area contributed by atoms with E-state index >= 15 is 0 Å². The molecule has 3 heteroatoms. The van der Waals surface area contributed by atoms with Gasteiger partial charge in [-0.05, 0) is 44.0 Å². The Morgan fingerprint density at radius 3 is 2.17 bits per heavy atom. The lowest BCUT2D eigenvalue weighted by atomic mass is 10.0. The molecule has 130 valence electrons. The lowest BCUT2D eigenvalue weighted by molar-refractivity contribution is 0.0557. The van der Waals surface area contributed by atoms with Crippen LogP contribution in [0.1, 0.15) is 42.1 Å². The Kier molecular flexibility index (Phi) is 7.77. The van der Waals surface area contributed by atoms with Crippen molar-refractivity contribution in [2.75, 3.05) is 26.2 Å². The predicted molar refractivity (Wildman–Crippen MR) is 103 cm³/mol. The SMILES string of the molecule is Cc1ccc(C(OCCN2CCCCC2)c2ccccc2)cc1.Cl. The van der Waals surface area contributed by atoms with Crippen LogP contribution in [0.25, 0.3) is 0 Å². The minimum atomic E-state index is 0. The average Bonchev–Trinajstić information content (AvgIpc) is 2.61. The molecule has 0 spiro atoms. The highest BCUT2D eigenvalue weighted by Crippen LogP contribution is 2.26. The monoisotopic (exact) mass is 345 g/mol. The molecule has 0 radical (unpaired) electrons. The van der Waals surface area contributed by atoms with Crippen molar-refractivity contribution in [3.05, 3.63) is 71.3 Å². The van der Waals surface area contributed by atoms with Crippen molar-refractivity contribution in [2.45, 2.75) is 32.3 Å². The molecule has 1 unspecified atom stereocenters. The third kappa shape index (κ3) is 5.34. The minimum absolute atomic E-state index is 0. The number of benzene rings is 2. The first-order chi connectivity index (χ1) is 11.3. The molecular weight excluding hydrogens is 318 g/mol. The number of likely N-dealkylation sites (tertiary alicyclic amines) is 1. The molecule has 1 atom stereocenters. The number of hydrogen-bond acceptors (Lipinski definition) is 2. The first-order valence-electron chi connectivity index (χ1n) is 8.78. The quantitative estimate of drug-likeness (QED) is 0.729. The van der Waals surface area contributed by atoms with E-state index < -0.39 is 0 Å². The van der Waals surface area contributed by atoms with E-state index in [0.717, 1.165) is 13.2 Å². The van der Waals surface area contributed by atoms with E-state index in [9.17, 15) is 0 Å². The zero-order valence-corrected chi connectivity index (χ0v) is 15.3. The number of ether oxygens (including phenoxy) is 1. The van der Waals surface area contributed by atoms with Crippen molar-refractivity contribution >= 4 is 12.4 Å². The fourth-order valence-electron chi connectivity index (χ4n) is 3.24. The van der Waals surface area contributed by atoms with Crippen molar-refractivity contribution < 1.29 is 4.74 Å². The van der Waals surface area contributed by atoms with E-state index in [0.29, 0.717) is 0 Å². The molecule has 1 aliphatic rings. The molecule has 0 saturated carbocycles. The number of hydrogen-bond donors (Lipinski definition) is 0. The van der Waals surface area contributed by atoms with Crippen LogP contribution in [-0.2, 0) is 4.74 Å². The lowest BCUT2D eigenvalue weighted by Gasteiger charge is -2.27. The van der Waals surface area contributed by atoms with E-state index in [4.69, 9.17) is 4.74 Å². The van der Waals surface area contributed by atoms with Gasteiger partial charge >= 0.3 is 0 Å². The number of rotatable bonds is 6. The predicted octanol–water partition coefficient (Wildman–Crippen LogP) is 5.01. The Bertz CT molecular complexity index is 579. The second-order valence-electron chi connectivity index (χ2n) is 6.47. The summed E-state index contributed by atoms with van der Waals surface area (Å²) < 4.78 is 6.32. The van der Waals surface area contributed by atoms with E-state index in [2.05, 4.69) is 66.4 Å². The molecule has 2 aromatic carbocycles.